The summed E-state index contributed by atoms with van der Waals surface area (Å²) >= 11 is 0. The smallest absolute Gasteiger partial charge is 0.0813 e. The van der Waals surface area contributed by atoms with E-state index in [2.05, 4.69) is 4.90 Å². The normalized spacial score (nSPS) is 29.2. The second-order valence-electron chi connectivity index (χ2n) is 3.07. The molecular weight excluding hydrogens is 142 g/mol. The van der Waals surface area contributed by atoms with Gasteiger partial charge in [-0.1, -0.05) is 0 Å². The molecule has 0 aromatic carbocycles. The molecule has 4 N–H and O–H groups in total. The molecule has 4 heteroatoms. The lowest BCUT2D eigenvalue weighted by Gasteiger charge is -2.22. The number of hydrogen-bond acceptors (Lipinski definition) is 4. The third-order valence-corrected chi connectivity index (χ3v) is 2.06. The number of methoxy groups -OCH3 is 1. The molecule has 0 saturated carbocycles. The minimum atomic E-state index is 0.0218. The molecule has 0 aliphatic carbocycles. The summed E-state index contributed by atoms with van der Waals surface area (Å²) in [7, 11) is 1.66. The molecular formula is C7H17N3O. The Bertz CT molecular complexity index is 120. The lowest BCUT2D eigenvalue weighted by atomic mass is 10.3. The molecule has 1 rings (SSSR count). The molecule has 0 radical (unpaired) electrons. The SMILES string of the molecule is COCC(N)N1CCC(N)C1. The van der Waals surface area contributed by atoms with Crippen molar-refractivity contribution in [2.45, 2.75) is 18.6 Å². The molecule has 1 aliphatic heterocycles. The lowest BCUT2D eigenvalue weighted by molar-refractivity contribution is 0.108. The summed E-state index contributed by atoms with van der Waals surface area (Å²) in [5.41, 5.74) is 11.5. The first-order valence-electron chi connectivity index (χ1n) is 3.98. The van der Waals surface area contributed by atoms with Gasteiger partial charge in [-0.25, -0.2) is 0 Å². The Balaban J connectivity index is 2.25. The van der Waals surface area contributed by atoms with Crippen LogP contribution in [0.2, 0.25) is 0 Å². The van der Waals surface area contributed by atoms with Crippen LogP contribution in [0.1, 0.15) is 6.42 Å². The fourth-order valence-electron chi connectivity index (χ4n) is 1.39. The summed E-state index contributed by atoms with van der Waals surface area (Å²) in [6.07, 6.45) is 1.07. The molecule has 0 bridgehead atoms. The predicted molar refractivity (Wildman–Crippen MR) is 44.0 cm³/mol. The van der Waals surface area contributed by atoms with Gasteiger partial charge in [-0.15, -0.1) is 0 Å². The fraction of sp³-hybridized carbons (Fsp3) is 1.00. The van der Waals surface area contributed by atoms with Crippen molar-refractivity contribution in [3.8, 4) is 0 Å². The van der Waals surface area contributed by atoms with E-state index in [1.807, 2.05) is 0 Å². The van der Waals surface area contributed by atoms with Crippen LogP contribution in [0, 0.1) is 0 Å². The second-order valence-corrected chi connectivity index (χ2v) is 3.07. The van der Waals surface area contributed by atoms with Crippen LogP contribution < -0.4 is 11.5 Å². The van der Waals surface area contributed by atoms with Crippen molar-refractivity contribution in [3.63, 3.8) is 0 Å². The fourth-order valence-corrected chi connectivity index (χ4v) is 1.39. The van der Waals surface area contributed by atoms with E-state index in [-0.39, 0.29) is 6.17 Å². The zero-order valence-corrected chi connectivity index (χ0v) is 6.99. The molecule has 0 amide bonds. The highest BCUT2D eigenvalue weighted by Gasteiger charge is 2.23. The Kier molecular flexibility index (Phi) is 3.26. The Morgan fingerprint density at radius 3 is 2.91 bits per heavy atom. The Morgan fingerprint density at radius 1 is 1.73 bits per heavy atom. The maximum absolute atomic E-state index is 5.80. The van der Waals surface area contributed by atoms with Crippen LogP contribution in [-0.2, 0) is 4.74 Å². The molecule has 0 spiro atoms. The van der Waals surface area contributed by atoms with Gasteiger partial charge in [-0.05, 0) is 6.42 Å². The van der Waals surface area contributed by atoms with Crippen LogP contribution in [0.4, 0.5) is 0 Å². The Labute approximate surface area is 67.5 Å². The molecule has 4 nitrogen and oxygen atoms in total. The van der Waals surface area contributed by atoms with Gasteiger partial charge >= 0.3 is 0 Å². The second kappa shape index (κ2) is 4.01. The Hall–Kier alpha value is -0.160. The molecule has 0 aromatic heterocycles. The number of likely N-dealkylation sites (tertiary alicyclic amines) is 1. The largest absolute Gasteiger partial charge is 0.382 e. The van der Waals surface area contributed by atoms with Gasteiger partial charge in [-0.3, -0.25) is 4.90 Å². The van der Waals surface area contributed by atoms with Crippen LogP contribution in [0.25, 0.3) is 0 Å². The van der Waals surface area contributed by atoms with E-state index >= 15 is 0 Å². The summed E-state index contributed by atoms with van der Waals surface area (Å²) in [6.45, 7) is 2.50. The van der Waals surface area contributed by atoms with Crippen LogP contribution in [-0.4, -0.2) is 43.9 Å². The predicted octanol–water partition coefficient (Wildman–Crippen LogP) is -1.05. The maximum atomic E-state index is 5.80. The highest BCUT2D eigenvalue weighted by molar-refractivity contribution is 4.80. The summed E-state index contributed by atoms with van der Waals surface area (Å²) in [4.78, 5) is 2.16. The van der Waals surface area contributed by atoms with Gasteiger partial charge in [0, 0.05) is 26.2 Å². The highest BCUT2D eigenvalue weighted by atomic mass is 16.5. The van der Waals surface area contributed by atoms with Gasteiger partial charge in [-0.2, -0.15) is 0 Å². The molecule has 0 aromatic rings. The van der Waals surface area contributed by atoms with E-state index in [0.29, 0.717) is 12.6 Å². The van der Waals surface area contributed by atoms with E-state index < -0.39 is 0 Å². The third kappa shape index (κ3) is 2.41. The zero-order chi connectivity index (χ0) is 8.27. The number of hydrogen-bond donors (Lipinski definition) is 2. The molecule has 1 heterocycles. The van der Waals surface area contributed by atoms with Crippen molar-refractivity contribution in [2.24, 2.45) is 11.5 Å². The van der Waals surface area contributed by atoms with Crippen molar-refractivity contribution in [1.82, 2.24) is 4.90 Å². The first-order chi connectivity index (χ1) is 5.24. The number of nitrogens with zero attached hydrogens (tertiary/aromatic N) is 1. The van der Waals surface area contributed by atoms with Gasteiger partial charge in [0.15, 0.2) is 0 Å². The first kappa shape index (κ1) is 8.93. The molecule has 11 heavy (non-hydrogen) atoms. The van der Waals surface area contributed by atoms with E-state index in [4.69, 9.17) is 16.2 Å². The quantitative estimate of drug-likeness (QED) is 0.551. The summed E-state index contributed by atoms with van der Waals surface area (Å²) < 4.78 is 4.94. The molecule has 66 valence electrons. The van der Waals surface area contributed by atoms with Gasteiger partial charge in [0.2, 0.25) is 0 Å². The Morgan fingerprint density at radius 2 is 2.45 bits per heavy atom. The summed E-state index contributed by atoms with van der Waals surface area (Å²) in [5, 5.41) is 0. The molecule has 1 saturated heterocycles. The van der Waals surface area contributed by atoms with Crippen LogP contribution in [0.3, 0.4) is 0 Å². The van der Waals surface area contributed by atoms with Gasteiger partial charge in [0.25, 0.3) is 0 Å². The van der Waals surface area contributed by atoms with Crippen molar-refractivity contribution in [3.05, 3.63) is 0 Å². The number of ether oxygens (including phenoxy) is 1. The lowest BCUT2D eigenvalue weighted by Crippen LogP contribution is -2.44. The zero-order valence-electron chi connectivity index (χ0n) is 6.99. The van der Waals surface area contributed by atoms with Gasteiger partial charge in [0.1, 0.15) is 0 Å². The van der Waals surface area contributed by atoms with Crippen molar-refractivity contribution in [1.29, 1.82) is 0 Å². The van der Waals surface area contributed by atoms with Gasteiger partial charge < -0.3 is 16.2 Å². The van der Waals surface area contributed by atoms with E-state index in [0.717, 1.165) is 19.5 Å². The maximum Gasteiger partial charge on any atom is 0.0813 e. The topological polar surface area (TPSA) is 64.5 Å². The summed E-state index contributed by atoms with van der Waals surface area (Å²) in [5.74, 6) is 0. The van der Waals surface area contributed by atoms with E-state index in [9.17, 15) is 0 Å². The van der Waals surface area contributed by atoms with E-state index in [1.54, 1.807) is 7.11 Å². The average Bonchev–Trinajstić information content (AvgIpc) is 2.36. The molecule has 2 unspecified atom stereocenters. The standard InChI is InChI=1S/C7H17N3O/c1-11-5-7(9)10-3-2-6(8)4-10/h6-7H,2-5,8-9H2,1H3. The number of nitrogens with two attached hydrogens (primary N) is 2. The minimum absolute atomic E-state index is 0.0218. The number of rotatable bonds is 3. The van der Waals surface area contributed by atoms with Crippen LogP contribution >= 0.6 is 0 Å². The minimum Gasteiger partial charge on any atom is -0.382 e. The average molecular weight is 159 g/mol. The molecule has 2 atom stereocenters. The summed E-state index contributed by atoms with van der Waals surface area (Å²) in [6, 6.07) is 0.304. The van der Waals surface area contributed by atoms with Crippen LogP contribution in [0.5, 0.6) is 0 Å². The first-order valence-corrected chi connectivity index (χ1v) is 3.98. The van der Waals surface area contributed by atoms with Crippen molar-refractivity contribution in [2.75, 3.05) is 26.8 Å². The monoisotopic (exact) mass is 159 g/mol. The van der Waals surface area contributed by atoms with Crippen LogP contribution in [0.15, 0.2) is 0 Å². The molecule has 1 aliphatic rings. The highest BCUT2D eigenvalue weighted by Crippen LogP contribution is 2.08. The molecule has 1 fully saturated rings. The van der Waals surface area contributed by atoms with Gasteiger partial charge in [0.05, 0.1) is 12.8 Å². The van der Waals surface area contributed by atoms with Crippen molar-refractivity contribution < 1.29 is 4.74 Å². The van der Waals surface area contributed by atoms with Crippen molar-refractivity contribution >= 4 is 0 Å². The van der Waals surface area contributed by atoms with E-state index in [1.165, 1.54) is 0 Å². The third-order valence-electron chi connectivity index (χ3n) is 2.06.